The number of aliphatic hydroxyl groups excluding tert-OH is 1. The van der Waals surface area contributed by atoms with Gasteiger partial charge in [-0.05, 0) is 30.4 Å². The predicted octanol–water partition coefficient (Wildman–Crippen LogP) is 2.41. The number of benzene rings is 1. The molecule has 1 aromatic rings. The largest absolute Gasteiger partial charge is 0.396 e. The summed E-state index contributed by atoms with van der Waals surface area (Å²) >= 11 is 0. The van der Waals surface area contributed by atoms with Gasteiger partial charge < -0.3 is 10.8 Å². The summed E-state index contributed by atoms with van der Waals surface area (Å²) in [4.78, 5) is 0. The highest BCUT2D eigenvalue weighted by Crippen LogP contribution is 2.15. The lowest BCUT2D eigenvalue weighted by molar-refractivity contribution is 0.276. The van der Waals surface area contributed by atoms with Crippen LogP contribution in [0.25, 0.3) is 0 Å². The number of rotatable bonds is 6. The van der Waals surface area contributed by atoms with E-state index in [-0.39, 0.29) is 12.6 Å². The first kappa shape index (κ1) is 12.2. The van der Waals surface area contributed by atoms with Gasteiger partial charge in [0.1, 0.15) is 0 Å². The van der Waals surface area contributed by atoms with E-state index in [1.165, 1.54) is 18.4 Å². The number of unbranched alkanes of at least 4 members (excludes halogenated alkanes) is 1. The Morgan fingerprint density at radius 3 is 2.47 bits per heavy atom. The Kier molecular flexibility index (Phi) is 5.37. The van der Waals surface area contributed by atoms with Crippen molar-refractivity contribution in [1.82, 2.24) is 0 Å². The Balaban J connectivity index is 2.55. The van der Waals surface area contributed by atoms with Gasteiger partial charge in [-0.3, -0.25) is 0 Å². The molecule has 0 bridgehead atoms. The standard InChI is InChI=1S/C13H21NO/c1-2-3-4-11-5-7-12(8-6-11)13(14)9-10-15/h5-8,13,15H,2-4,9-10,14H2,1H3/t13-/m0/s1. The minimum Gasteiger partial charge on any atom is -0.396 e. The number of aliphatic hydroxyl groups is 1. The average molecular weight is 207 g/mol. The topological polar surface area (TPSA) is 46.2 Å². The molecule has 2 nitrogen and oxygen atoms in total. The van der Waals surface area contributed by atoms with Gasteiger partial charge in [0.25, 0.3) is 0 Å². The summed E-state index contributed by atoms with van der Waals surface area (Å²) in [5, 5.41) is 8.79. The quantitative estimate of drug-likeness (QED) is 0.752. The van der Waals surface area contributed by atoms with Crippen molar-refractivity contribution in [3.05, 3.63) is 35.4 Å². The summed E-state index contributed by atoms with van der Waals surface area (Å²) in [7, 11) is 0. The molecule has 0 saturated carbocycles. The maximum atomic E-state index is 8.79. The van der Waals surface area contributed by atoms with E-state index in [1.54, 1.807) is 0 Å². The van der Waals surface area contributed by atoms with Crippen LogP contribution in [-0.4, -0.2) is 11.7 Å². The van der Waals surface area contributed by atoms with Crippen molar-refractivity contribution in [3.63, 3.8) is 0 Å². The fourth-order valence-electron chi connectivity index (χ4n) is 1.62. The number of hydrogen-bond donors (Lipinski definition) is 2. The van der Waals surface area contributed by atoms with E-state index >= 15 is 0 Å². The monoisotopic (exact) mass is 207 g/mol. The summed E-state index contributed by atoms with van der Waals surface area (Å²) in [6.07, 6.45) is 4.24. The number of nitrogens with two attached hydrogens (primary N) is 1. The van der Waals surface area contributed by atoms with Crippen LogP contribution in [0.4, 0.5) is 0 Å². The van der Waals surface area contributed by atoms with Crippen molar-refractivity contribution in [1.29, 1.82) is 0 Å². The van der Waals surface area contributed by atoms with Crippen molar-refractivity contribution < 1.29 is 5.11 Å². The molecule has 15 heavy (non-hydrogen) atoms. The van der Waals surface area contributed by atoms with Gasteiger partial charge in [-0.15, -0.1) is 0 Å². The Morgan fingerprint density at radius 2 is 1.93 bits per heavy atom. The fraction of sp³-hybridized carbons (Fsp3) is 0.538. The Bertz CT molecular complexity index is 268. The van der Waals surface area contributed by atoms with Crippen LogP contribution in [-0.2, 0) is 6.42 Å². The Morgan fingerprint density at radius 1 is 1.27 bits per heavy atom. The Hall–Kier alpha value is -0.860. The van der Waals surface area contributed by atoms with Gasteiger partial charge in [0.2, 0.25) is 0 Å². The molecule has 1 atom stereocenters. The SMILES string of the molecule is CCCCc1ccc([C@@H](N)CCO)cc1. The molecule has 0 amide bonds. The number of hydrogen-bond acceptors (Lipinski definition) is 2. The molecule has 0 aromatic heterocycles. The smallest absolute Gasteiger partial charge is 0.0449 e. The average Bonchev–Trinajstić information content (AvgIpc) is 2.27. The third-order valence-corrected chi connectivity index (χ3v) is 2.67. The van der Waals surface area contributed by atoms with Gasteiger partial charge in [-0.2, -0.15) is 0 Å². The molecule has 0 aliphatic carbocycles. The molecule has 0 heterocycles. The molecule has 0 spiro atoms. The van der Waals surface area contributed by atoms with E-state index in [9.17, 15) is 0 Å². The molecular weight excluding hydrogens is 186 g/mol. The minimum absolute atomic E-state index is 0.0322. The lowest BCUT2D eigenvalue weighted by Gasteiger charge is -2.10. The molecular formula is C13H21NO. The fourth-order valence-corrected chi connectivity index (χ4v) is 1.62. The molecule has 1 rings (SSSR count). The molecule has 84 valence electrons. The van der Waals surface area contributed by atoms with Crippen molar-refractivity contribution >= 4 is 0 Å². The van der Waals surface area contributed by atoms with Crippen LogP contribution in [0.15, 0.2) is 24.3 Å². The van der Waals surface area contributed by atoms with Crippen LogP contribution in [0.1, 0.15) is 43.4 Å². The first-order valence-corrected chi connectivity index (χ1v) is 5.73. The van der Waals surface area contributed by atoms with Crippen LogP contribution >= 0.6 is 0 Å². The maximum Gasteiger partial charge on any atom is 0.0449 e. The zero-order chi connectivity index (χ0) is 11.1. The van der Waals surface area contributed by atoms with Gasteiger partial charge in [0.15, 0.2) is 0 Å². The summed E-state index contributed by atoms with van der Waals surface area (Å²) in [5.74, 6) is 0. The molecule has 0 saturated heterocycles. The lowest BCUT2D eigenvalue weighted by Crippen LogP contribution is -2.11. The molecule has 0 aliphatic rings. The lowest BCUT2D eigenvalue weighted by atomic mass is 10.0. The van der Waals surface area contributed by atoms with E-state index < -0.39 is 0 Å². The highest BCUT2D eigenvalue weighted by molar-refractivity contribution is 5.24. The molecule has 0 unspecified atom stereocenters. The first-order valence-electron chi connectivity index (χ1n) is 5.73. The predicted molar refractivity (Wildman–Crippen MR) is 63.7 cm³/mol. The van der Waals surface area contributed by atoms with E-state index in [1.807, 2.05) is 0 Å². The maximum absolute atomic E-state index is 8.79. The zero-order valence-electron chi connectivity index (χ0n) is 9.45. The van der Waals surface area contributed by atoms with E-state index in [0.717, 1.165) is 12.0 Å². The van der Waals surface area contributed by atoms with Crippen molar-refractivity contribution in [2.75, 3.05) is 6.61 Å². The molecule has 1 aromatic carbocycles. The minimum atomic E-state index is -0.0322. The van der Waals surface area contributed by atoms with Crippen molar-refractivity contribution in [2.24, 2.45) is 5.73 Å². The highest BCUT2D eigenvalue weighted by atomic mass is 16.3. The molecule has 3 N–H and O–H groups in total. The van der Waals surface area contributed by atoms with Gasteiger partial charge >= 0.3 is 0 Å². The van der Waals surface area contributed by atoms with E-state index in [2.05, 4.69) is 31.2 Å². The molecule has 0 radical (unpaired) electrons. The molecule has 0 aliphatic heterocycles. The second-order valence-electron chi connectivity index (χ2n) is 3.96. The molecule has 2 heteroatoms. The van der Waals surface area contributed by atoms with Gasteiger partial charge in [0.05, 0.1) is 0 Å². The van der Waals surface area contributed by atoms with Crippen LogP contribution in [0.2, 0.25) is 0 Å². The normalized spacial score (nSPS) is 12.7. The van der Waals surface area contributed by atoms with Crippen LogP contribution in [0.5, 0.6) is 0 Å². The third-order valence-electron chi connectivity index (χ3n) is 2.67. The number of aryl methyl sites for hydroxylation is 1. The van der Waals surface area contributed by atoms with Gasteiger partial charge in [0, 0.05) is 12.6 Å². The summed E-state index contributed by atoms with van der Waals surface area (Å²) in [6, 6.07) is 8.40. The van der Waals surface area contributed by atoms with Crippen LogP contribution in [0.3, 0.4) is 0 Å². The second kappa shape index (κ2) is 6.59. The van der Waals surface area contributed by atoms with Crippen molar-refractivity contribution in [2.45, 2.75) is 38.6 Å². The van der Waals surface area contributed by atoms with E-state index in [0.29, 0.717) is 6.42 Å². The summed E-state index contributed by atoms with van der Waals surface area (Å²) < 4.78 is 0. The van der Waals surface area contributed by atoms with Crippen molar-refractivity contribution in [3.8, 4) is 0 Å². The summed E-state index contributed by atoms with van der Waals surface area (Å²) in [5.41, 5.74) is 8.38. The Labute approximate surface area is 92.1 Å². The van der Waals surface area contributed by atoms with Crippen LogP contribution in [0, 0.1) is 0 Å². The zero-order valence-corrected chi connectivity index (χ0v) is 9.45. The van der Waals surface area contributed by atoms with Gasteiger partial charge in [-0.1, -0.05) is 37.6 Å². The third kappa shape index (κ3) is 4.02. The van der Waals surface area contributed by atoms with E-state index in [4.69, 9.17) is 10.8 Å². The second-order valence-corrected chi connectivity index (χ2v) is 3.96. The van der Waals surface area contributed by atoms with Gasteiger partial charge in [-0.25, -0.2) is 0 Å². The highest BCUT2D eigenvalue weighted by Gasteiger charge is 2.04. The first-order chi connectivity index (χ1) is 7.27. The van der Waals surface area contributed by atoms with Crippen LogP contribution < -0.4 is 5.73 Å². The molecule has 0 fully saturated rings. The summed E-state index contributed by atoms with van der Waals surface area (Å²) in [6.45, 7) is 2.35.